The van der Waals surface area contributed by atoms with Gasteiger partial charge in [0.15, 0.2) is 11.5 Å². The van der Waals surface area contributed by atoms with Gasteiger partial charge in [-0.3, -0.25) is 0 Å². The molecule has 7 nitrogen and oxygen atoms in total. The van der Waals surface area contributed by atoms with E-state index in [4.69, 9.17) is 14.2 Å². The van der Waals surface area contributed by atoms with Crippen LogP contribution in [0.5, 0.6) is 11.5 Å². The van der Waals surface area contributed by atoms with Crippen LogP contribution in [0, 0.1) is 0 Å². The number of methoxy groups -OCH3 is 2. The molecule has 0 atom stereocenters. The third-order valence-electron chi connectivity index (χ3n) is 4.39. The first kappa shape index (κ1) is 22.2. The summed E-state index contributed by atoms with van der Waals surface area (Å²) in [7, 11) is 2.46. The van der Waals surface area contributed by atoms with E-state index >= 15 is 0 Å². The molecule has 0 bridgehead atoms. The lowest BCUT2D eigenvalue weighted by Gasteiger charge is -2.30. The summed E-state index contributed by atoms with van der Waals surface area (Å²) in [5.74, 6) is -2.22. The van der Waals surface area contributed by atoms with Gasteiger partial charge in [-0.15, -0.1) is 0 Å². The molecule has 1 heterocycles. The molecular weight excluding hydrogens is 388 g/mol. The molecule has 158 valence electrons. The molecule has 29 heavy (non-hydrogen) atoms. The van der Waals surface area contributed by atoms with Crippen molar-refractivity contribution in [2.75, 3.05) is 20.8 Å². The van der Waals surface area contributed by atoms with E-state index in [0.717, 1.165) is 0 Å². The third kappa shape index (κ3) is 4.67. The molecule has 0 fully saturated rings. The highest BCUT2D eigenvalue weighted by atomic mass is 19.3. The fourth-order valence-electron chi connectivity index (χ4n) is 3.25. The molecule has 0 saturated heterocycles. The number of ether oxygens (including phenoxy) is 4. The van der Waals surface area contributed by atoms with E-state index in [1.54, 1.807) is 20.8 Å². The first-order valence-corrected chi connectivity index (χ1v) is 8.81. The van der Waals surface area contributed by atoms with Crippen LogP contribution in [0.2, 0.25) is 0 Å². The zero-order valence-corrected chi connectivity index (χ0v) is 16.8. The lowest BCUT2D eigenvalue weighted by atomic mass is 9.80. The maximum atomic E-state index is 12.7. The van der Waals surface area contributed by atoms with Crippen molar-refractivity contribution in [2.45, 2.75) is 33.3 Å². The van der Waals surface area contributed by atoms with E-state index in [2.05, 4.69) is 10.1 Å². The van der Waals surface area contributed by atoms with Gasteiger partial charge in [0.25, 0.3) is 0 Å². The summed E-state index contributed by atoms with van der Waals surface area (Å²) in [6.07, 6.45) is 0. The normalized spacial score (nSPS) is 14.6. The van der Waals surface area contributed by atoms with Crippen molar-refractivity contribution in [3.63, 3.8) is 0 Å². The molecule has 0 aliphatic carbocycles. The van der Waals surface area contributed by atoms with Gasteiger partial charge in [-0.1, -0.05) is 6.07 Å². The summed E-state index contributed by atoms with van der Waals surface area (Å²) >= 11 is 0. The molecule has 9 heteroatoms. The van der Waals surface area contributed by atoms with E-state index in [1.807, 2.05) is 0 Å². The number of allylic oxidation sites excluding steroid dienone is 2. The molecule has 1 aliphatic rings. The lowest BCUT2D eigenvalue weighted by Crippen LogP contribution is -2.32. The average molecular weight is 411 g/mol. The Balaban J connectivity index is 2.69. The predicted octanol–water partition coefficient (Wildman–Crippen LogP) is 3.27. The Hall–Kier alpha value is -3.10. The van der Waals surface area contributed by atoms with E-state index in [0.29, 0.717) is 17.0 Å². The number of dihydropyridines is 1. The minimum atomic E-state index is -3.03. The first-order valence-electron chi connectivity index (χ1n) is 8.81. The summed E-state index contributed by atoms with van der Waals surface area (Å²) in [5, 5.41) is 2.99. The zero-order valence-electron chi connectivity index (χ0n) is 16.8. The number of benzene rings is 1. The average Bonchev–Trinajstić information content (AvgIpc) is 2.67. The SMILES string of the molecule is CCOc1cc(C2C(C(=O)OC)=C(C)NC(C)=C2C(=O)OC)ccc1OC(F)F. The van der Waals surface area contributed by atoms with Gasteiger partial charge in [-0.05, 0) is 38.5 Å². The number of hydrogen-bond donors (Lipinski definition) is 1. The van der Waals surface area contributed by atoms with Crippen LogP contribution in [0.1, 0.15) is 32.3 Å². The maximum Gasteiger partial charge on any atom is 0.387 e. The second kappa shape index (κ2) is 9.40. The van der Waals surface area contributed by atoms with Gasteiger partial charge >= 0.3 is 18.6 Å². The van der Waals surface area contributed by atoms with Gasteiger partial charge in [0.1, 0.15) is 0 Å². The summed E-state index contributed by atoms with van der Waals surface area (Å²) in [4.78, 5) is 25.0. The Morgan fingerprint density at radius 1 is 1.03 bits per heavy atom. The zero-order chi connectivity index (χ0) is 21.7. The molecule has 0 saturated carbocycles. The summed E-state index contributed by atoms with van der Waals surface area (Å²) in [5.41, 5.74) is 1.85. The van der Waals surface area contributed by atoms with Crippen molar-refractivity contribution in [1.82, 2.24) is 5.32 Å². The Bertz CT molecular complexity index is 825. The number of hydrogen-bond acceptors (Lipinski definition) is 7. The highest BCUT2D eigenvalue weighted by molar-refractivity contribution is 5.99. The van der Waals surface area contributed by atoms with Crippen LogP contribution in [0.4, 0.5) is 8.78 Å². The van der Waals surface area contributed by atoms with Crippen molar-refractivity contribution in [1.29, 1.82) is 0 Å². The molecule has 0 aromatic heterocycles. The van der Waals surface area contributed by atoms with E-state index < -0.39 is 24.5 Å². The molecule has 1 aromatic carbocycles. The molecule has 1 aromatic rings. The van der Waals surface area contributed by atoms with Crippen molar-refractivity contribution in [2.24, 2.45) is 0 Å². The molecular formula is C20H23F2NO6. The lowest BCUT2D eigenvalue weighted by molar-refractivity contribution is -0.137. The minimum Gasteiger partial charge on any atom is -0.490 e. The quantitative estimate of drug-likeness (QED) is 0.690. The van der Waals surface area contributed by atoms with Crippen LogP contribution in [-0.4, -0.2) is 39.4 Å². The highest BCUT2D eigenvalue weighted by Gasteiger charge is 2.38. The van der Waals surface area contributed by atoms with Gasteiger partial charge in [-0.2, -0.15) is 8.78 Å². The number of carbonyl (C=O) groups excluding carboxylic acids is 2. The topological polar surface area (TPSA) is 83.1 Å². The smallest absolute Gasteiger partial charge is 0.387 e. The molecule has 1 aliphatic heterocycles. The van der Waals surface area contributed by atoms with Crippen molar-refractivity contribution in [3.05, 3.63) is 46.3 Å². The predicted molar refractivity (Wildman–Crippen MR) is 99.6 cm³/mol. The Morgan fingerprint density at radius 3 is 2.03 bits per heavy atom. The van der Waals surface area contributed by atoms with Gasteiger partial charge in [0.05, 0.1) is 37.9 Å². The van der Waals surface area contributed by atoms with Crippen LogP contribution in [0.3, 0.4) is 0 Å². The highest BCUT2D eigenvalue weighted by Crippen LogP contribution is 2.42. The monoisotopic (exact) mass is 411 g/mol. The number of halogens is 2. The van der Waals surface area contributed by atoms with E-state index in [1.165, 1.54) is 32.4 Å². The van der Waals surface area contributed by atoms with Crippen molar-refractivity contribution in [3.8, 4) is 11.5 Å². The van der Waals surface area contributed by atoms with E-state index in [9.17, 15) is 18.4 Å². The summed E-state index contributed by atoms with van der Waals surface area (Å²) in [6.45, 7) is 2.21. The fourth-order valence-corrected chi connectivity index (χ4v) is 3.25. The molecule has 0 unspecified atom stereocenters. The van der Waals surface area contributed by atoms with Crippen LogP contribution < -0.4 is 14.8 Å². The van der Waals surface area contributed by atoms with E-state index in [-0.39, 0.29) is 29.3 Å². The maximum absolute atomic E-state index is 12.7. The number of rotatable bonds is 7. The number of carbonyl (C=O) groups is 2. The van der Waals surface area contributed by atoms with Gasteiger partial charge in [0.2, 0.25) is 0 Å². The number of alkyl halides is 2. The van der Waals surface area contributed by atoms with Crippen molar-refractivity contribution < 1.29 is 37.3 Å². The van der Waals surface area contributed by atoms with Crippen LogP contribution >= 0.6 is 0 Å². The number of nitrogens with one attached hydrogen (secondary N) is 1. The van der Waals surface area contributed by atoms with Crippen molar-refractivity contribution >= 4 is 11.9 Å². The largest absolute Gasteiger partial charge is 0.490 e. The molecule has 2 rings (SSSR count). The first-order chi connectivity index (χ1) is 13.7. The molecule has 0 amide bonds. The second-order valence-corrected chi connectivity index (χ2v) is 6.14. The van der Waals surface area contributed by atoms with Crippen LogP contribution in [-0.2, 0) is 19.1 Å². The second-order valence-electron chi connectivity index (χ2n) is 6.14. The number of esters is 2. The fraction of sp³-hybridized carbons (Fsp3) is 0.400. The summed E-state index contributed by atoms with van der Waals surface area (Å²) < 4.78 is 45.1. The minimum absolute atomic E-state index is 0.0626. The van der Waals surface area contributed by atoms with Gasteiger partial charge in [0, 0.05) is 11.4 Å². The third-order valence-corrected chi connectivity index (χ3v) is 4.39. The van der Waals surface area contributed by atoms with Crippen LogP contribution in [0.25, 0.3) is 0 Å². The van der Waals surface area contributed by atoms with Gasteiger partial charge in [-0.25, -0.2) is 9.59 Å². The standard InChI is InChI=1S/C20H23F2NO6/c1-6-28-14-9-12(7-8-13(14)29-20(21)22)17-15(18(24)26-4)10(2)23-11(3)16(17)19(25)27-5/h7-9,17,20,23H,6H2,1-5H3. The molecule has 0 spiro atoms. The van der Waals surface area contributed by atoms with Gasteiger partial charge < -0.3 is 24.3 Å². The molecule has 1 N–H and O–H groups in total. The summed E-state index contributed by atoms with van der Waals surface area (Å²) in [6, 6.07) is 4.26. The Morgan fingerprint density at radius 2 is 1.59 bits per heavy atom. The Kier molecular flexibility index (Phi) is 7.19. The Labute approximate surface area is 167 Å². The molecule has 0 radical (unpaired) electrons. The van der Waals surface area contributed by atoms with Crippen LogP contribution in [0.15, 0.2) is 40.7 Å².